The minimum Gasteiger partial charge on any atom is -0.477 e. The number of carbonyl (C=O) groups excluding carboxylic acids is 1. The number of hydrogen-bond acceptors (Lipinski definition) is 7. The summed E-state index contributed by atoms with van der Waals surface area (Å²) in [7, 11) is 0. The summed E-state index contributed by atoms with van der Waals surface area (Å²) in [5.41, 5.74) is 1.18. The smallest absolute Gasteiger partial charge is 0.354 e. The number of aromatic carboxylic acids is 1. The van der Waals surface area contributed by atoms with Crippen LogP contribution in [-0.4, -0.2) is 72.1 Å². The molecule has 2 fully saturated rings. The maximum Gasteiger partial charge on any atom is 0.354 e. The van der Waals surface area contributed by atoms with Crippen LogP contribution in [0.25, 0.3) is 5.69 Å². The number of ether oxygens (including phenoxy) is 1. The van der Waals surface area contributed by atoms with Gasteiger partial charge in [0.2, 0.25) is 5.91 Å². The van der Waals surface area contributed by atoms with E-state index in [-0.39, 0.29) is 23.7 Å². The SMILES string of the molecule is O=C(O)c1cc(-n2cc(COCCC(=O)N3CCCC34CCCSC4)nn2)ccn1. The zero-order valence-corrected chi connectivity index (χ0v) is 17.5. The number of carboxylic acids is 1. The van der Waals surface area contributed by atoms with Crippen molar-refractivity contribution < 1.29 is 19.4 Å². The predicted molar refractivity (Wildman–Crippen MR) is 111 cm³/mol. The molecule has 1 atom stereocenters. The zero-order chi connectivity index (χ0) is 21.0. The van der Waals surface area contributed by atoms with E-state index in [0.717, 1.165) is 31.6 Å². The molecular formula is C20H25N5O4S. The normalized spacial score (nSPS) is 21.3. The molecule has 4 heterocycles. The van der Waals surface area contributed by atoms with Crippen LogP contribution >= 0.6 is 11.8 Å². The maximum absolute atomic E-state index is 12.8. The summed E-state index contributed by atoms with van der Waals surface area (Å²) in [6.45, 7) is 1.44. The highest BCUT2D eigenvalue weighted by Crippen LogP contribution is 2.40. The standard InChI is InChI=1S/C20H25N5O4S/c26-18(24-8-1-5-20(24)6-2-10-30-14-20)4-9-29-13-15-12-25(23-22-15)16-3-7-21-17(11-16)19(27)28/h3,7,11-12H,1-2,4-6,8-10,13-14H2,(H,27,28). The van der Waals surface area contributed by atoms with Crippen LogP contribution in [0, 0.1) is 0 Å². The average molecular weight is 432 g/mol. The molecule has 4 rings (SSSR count). The van der Waals surface area contributed by atoms with Crippen molar-refractivity contribution in [1.29, 1.82) is 0 Å². The van der Waals surface area contributed by atoms with E-state index in [4.69, 9.17) is 9.84 Å². The van der Waals surface area contributed by atoms with E-state index >= 15 is 0 Å². The molecule has 0 bridgehead atoms. The Morgan fingerprint density at radius 1 is 1.30 bits per heavy atom. The van der Waals surface area contributed by atoms with E-state index in [1.807, 2.05) is 11.8 Å². The molecule has 2 aliphatic heterocycles. The zero-order valence-electron chi connectivity index (χ0n) is 16.7. The van der Waals surface area contributed by atoms with Crippen molar-refractivity contribution >= 4 is 23.6 Å². The Morgan fingerprint density at radius 2 is 2.17 bits per heavy atom. The van der Waals surface area contributed by atoms with Crippen LogP contribution in [0.2, 0.25) is 0 Å². The molecule has 1 unspecified atom stereocenters. The van der Waals surface area contributed by atoms with E-state index in [0.29, 0.717) is 24.4 Å². The monoisotopic (exact) mass is 431 g/mol. The van der Waals surface area contributed by atoms with Gasteiger partial charge in [0.25, 0.3) is 0 Å². The van der Waals surface area contributed by atoms with Gasteiger partial charge in [0.05, 0.1) is 37.1 Å². The van der Waals surface area contributed by atoms with Crippen molar-refractivity contribution in [2.45, 2.75) is 44.2 Å². The topological polar surface area (TPSA) is 110 Å². The number of pyridine rings is 1. The Kier molecular flexibility index (Phi) is 6.33. The summed E-state index contributed by atoms with van der Waals surface area (Å²) in [6.07, 6.45) is 7.98. The fourth-order valence-electron chi connectivity index (χ4n) is 4.22. The Balaban J connectivity index is 1.27. The molecular weight excluding hydrogens is 406 g/mol. The van der Waals surface area contributed by atoms with Crippen LogP contribution in [0.4, 0.5) is 0 Å². The maximum atomic E-state index is 12.8. The third-order valence-electron chi connectivity index (χ3n) is 5.68. The van der Waals surface area contributed by atoms with Crippen LogP contribution in [0.5, 0.6) is 0 Å². The van der Waals surface area contributed by atoms with Crippen molar-refractivity contribution in [1.82, 2.24) is 24.9 Å². The highest BCUT2D eigenvalue weighted by atomic mass is 32.2. The van der Waals surface area contributed by atoms with Crippen LogP contribution < -0.4 is 0 Å². The Hall–Kier alpha value is -2.46. The molecule has 2 aromatic rings. The number of hydrogen-bond donors (Lipinski definition) is 1. The van der Waals surface area contributed by atoms with Gasteiger partial charge in [-0.2, -0.15) is 11.8 Å². The summed E-state index contributed by atoms with van der Waals surface area (Å²) in [5.74, 6) is 1.33. The van der Waals surface area contributed by atoms with Gasteiger partial charge in [0.15, 0.2) is 0 Å². The fourth-order valence-corrected chi connectivity index (χ4v) is 5.53. The number of amides is 1. The molecule has 1 amide bonds. The van der Waals surface area contributed by atoms with Gasteiger partial charge < -0.3 is 14.7 Å². The molecule has 10 heteroatoms. The largest absolute Gasteiger partial charge is 0.477 e. The first-order valence-corrected chi connectivity index (χ1v) is 11.3. The van der Waals surface area contributed by atoms with Crippen LogP contribution in [0.1, 0.15) is 48.3 Å². The number of rotatable bonds is 7. The third-order valence-corrected chi connectivity index (χ3v) is 7.00. The Bertz CT molecular complexity index is 912. The van der Waals surface area contributed by atoms with E-state index in [1.165, 1.54) is 29.1 Å². The molecule has 1 spiro atoms. The predicted octanol–water partition coefficient (Wildman–Crippen LogP) is 2.16. The van der Waals surface area contributed by atoms with Crippen molar-refractivity contribution in [2.75, 3.05) is 24.7 Å². The molecule has 2 aromatic heterocycles. The molecule has 30 heavy (non-hydrogen) atoms. The third kappa shape index (κ3) is 4.49. The molecule has 2 aliphatic rings. The first-order chi connectivity index (χ1) is 14.6. The van der Waals surface area contributed by atoms with Gasteiger partial charge in [-0.15, -0.1) is 5.10 Å². The first kappa shape index (κ1) is 20.8. The number of carbonyl (C=O) groups is 2. The minimum atomic E-state index is -1.10. The lowest BCUT2D eigenvalue weighted by Crippen LogP contribution is -2.50. The first-order valence-electron chi connectivity index (χ1n) is 10.1. The number of thioether (sulfide) groups is 1. The molecule has 0 saturated carbocycles. The van der Waals surface area contributed by atoms with Gasteiger partial charge in [-0.3, -0.25) is 4.79 Å². The average Bonchev–Trinajstić information content (AvgIpc) is 3.39. The van der Waals surface area contributed by atoms with Crippen molar-refractivity contribution in [2.24, 2.45) is 0 Å². The second-order valence-corrected chi connectivity index (χ2v) is 8.80. The van der Waals surface area contributed by atoms with E-state index in [2.05, 4.69) is 20.2 Å². The molecule has 2 saturated heterocycles. The van der Waals surface area contributed by atoms with Gasteiger partial charge >= 0.3 is 5.97 Å². The number of aromatic nitrogens is 4. The molecule has 160 valence electrons. The van der Waals surface area contributed by atoms with E-state index in [1.54, 1.807) is 12.3 Å². The number of likely N-dealkylation sites (tertiary alicyclic amines) is 1. The minimum absolute atomic E-state index is 0.0598. The van der Waals surface area contributed by atoms with Gasteiger partial charge in [-0.05, 0) is 43.6 Å². The Labute approximate surface area is 178 Å². The van der Waals surface area contributed by atoms with Crippen LogP contribution in [0.15, 0.2) is 24.5 Å². The molecule has 0 aliphatic carbocycles. The van der Waals surface area contributed by atoms with Gasteiger partial charge in [0, 0.05) is 18.5 Å². The van der Waals surface area contributed by atoms with Gasteiger partial charge in [-0.25, -0.2) is 14.5 Å². The summed E-state index contributed by atoms with van der Waals surface area (Å²) in [5, 5.41) is 17.1. The fraction of sp³-hybridized carbons (Fsp3) is 0.550. The van der Waals surface area contributed by atoms with E-state index in [9.17, 15) is 9.59 Å². The second-order valence-electron chi connectivity index (χ2n) is 7.69. The second kappa shape index (κ2) is 9.13. The Morgan fingerprint density at radius 3 is 2.97 bits per heavy atom. The lowest BCUT2D eigenvalue weighted by Gasteiger charge is -2.41. The number of carboxylic acid groups (broad SMARTS) is 1. The molecule has 0 radical (unpaired) electrons. The quantitative estimate of drug-likeness (QED) is 0.664. The number of nitrogens with zero attached hydrogens (tertiary/aromatic N) is 5. The van der Waals surface area contributed by atoms with Gasteiger partial charge in [0.1, 0.15) is 11.4 Å². The highest BCUT2D eigenvalue weighted by Gasteiger charge is 2.43. The van der Waals surface area contributed by atoms with Crippen molar-refractivity contribution in [3.05, 3.63) is 35.9 Å². The highest BCUT2D eigenvalue weighted by molar-refractivity contribution is 7.99. The lowest BCUT2D eigenvalue weighted by molar-refractivity contribution is -0.136. The van der Waals surface area contributed by atoms with Crippen LogP contribution in [-0.2, 0) is 16.1 Å². The summed E-state index contributed by atoms with van der Waals surface area (Å²) >= 11 is 1.96. The lowest BCUT2D eigenvalue weighted by atomic mass is 9.92. The summed E-state index contributed by atoms with van der Waals surface area (Å²) in [6, 6.07) is 3.08. The molecule has 1 N–H and O–H groups in total. The molecule has 0 aromatic carbocycles. The summed E-state index contributed by atoms with van der Waals surface area (Å²) < 4.78 is 7.14. The van der Waals surface area contributed by atoms with Crippen molar-refractivity contribution in [3.63, 3.8) is 0 Å². The van der Waals surface area contributed by atoms with Gasteiger partial charge in [-0.1, -0.05) is 5.21 Å². The van der Waals surface area contributed by atoms with E-state index < -0.39 is 5.97 Å². The van der Waals surface area contributed by atoms with Crippen molar-refractivity contribution in [3.8, 4) is 5.69 Å². The summed E-state index contributed by atoms with van der Waals surface area (Å²) in [4.78, 5) is 29.7. The van der Waals surface area contributed by atoms with Crippen LogP contribution in [0.3, 0.4) is 0 Å². The molecule has 9 nitrogen and oxygen atoms in total.